The smallest absolute Gasteiger partial charge is 0.411 e. The molecule has 0 saturated carbocycles. The molecular formula is C18H22BrNO4S. The fraction of sp³-hybridized carbons (Fsp3) is 0.556. The second kappa shape index (κ2) is 8.45. The van der Waals surface area contributed by atoms with Crippen molar-refractivity contribution in [2.75, 3.05) is 12.9 Å². The van der Waals surface area contributed by atoms with Crippen molar-refractivity contribution in [3.63, 3.8) is 0 Å². The minimum Gasteiger partial charge on any atom is -0.469 e. The molecule has 136 valence electrons. The molecule has 0 aliphatic carbocycles. The van der Waals surface area contributed by atoms with Gasteiger partial charge in [0, 0.05) is 12.2 Å². The van der Waals surface area contributed by atoms with Gasteiger partial charge >= 0.3 is 12.1 Å². The zero-order chi connectivity index (χ0) is 17.8. The summed E-state index contributed by atoms with van der Waals surface area (Å²) < 4.78 is 10.3. The van der Waals surface area contributed by atoms with Crippen molar-refractivity contribution in [1.29, 1.82) is 0 Å². The Bertz CT molecular complexity index is 614. The molecule has 7 heteroatoms. The van der Waals surface area contributed by atoms with E-state index < -0.39 is 0 Å². The fourth-order valence-corrected chi connectivity index (χ4v) is 5.60. The molecule has 0 radical (unpaired) electrons. The van der Waals surface area contributed by atoms with Gasteiger partial charge in [-0.3, -0.25) is 9.69 Å². The number of esters is 1. The highest BCUT2D eigenvalue weighted by molar-refractivity contribution is 9.09. The number of halogens is 1. The zero-order valence-corrected chi connectivity index (χ0v) is 16.5. The molecule has 0 spiro atoms. The van der Waals surface area contributed by atoms with Crippen LogP contribution in [0.4, 0.5) is 4.79 Å². The van der Waals surface area contributed by atoms with Gasteiger partial charge in [0.1, 0.15) is 11.5 Å². The molecule has 5 nitrogen and oxygen atoms in total. The predicted molar refractivity (Wildman–Crippen MR) is 101 cm³/mol. The Morgan fingerprint density at radius 2 is 2.16 bits per heavy atom. The number of carbonyl (C=O) groups excluding carboxylic acids is 2. The van der Waals surface area contributed by atoms with Gasteiger partial charge in [-0.25, -0.2) is 4.79 Å². The van der Waals surface area contributed by atoms with Crippen LogP contribution in [0.15, 0.2) is 30.3 Å². The van der Waals surface area contributed by atoms with E-state index in [1.54, 1.807) is 11.8 Å². The Kier molecular flexibility index (Phi) is 6.28. The van der Waals surface area contributed by atoms with Crippen LogP contribution in [0.5, 0.6) is 0 Å². The van der Waals surface area contributed by atoms with E-state index in [0.717, 1.165) is 30.6 Å². The maximum Gasteiger partial charge on any atom is 0.411 e. The summed E-state index contributed by atoms with van der Waals surface area (Å²) in [5.74, 6) is 0.697. The number of unbranched alkanes of at least 4 members (excludes halogenated alkanes) is 1. The van der Waals surface area contributed by atoms with Gasteiger partial charge in [-0.2, -0.15) is 0 Å². The molecule has 1 aromatic rings. The molecule has 1 amide bonds. The van der Waals surface area contributed by atoms with Gasteiger partial charge in [0.25, 0.3) is 0 Å². The standard InChI is InChI=1S/C18H22BrNO4S/c1-23-15(21)10-6-5-9-13(19)16-14-11-25-17(20(14)18(22)24-16)12-7-3-2-4-8-12/h2-4,7-8,13-14,16-17H,5-6,9-11H2,1H3/t13-,14+,16+,17-/m1/s1. The largest absolute Gasteiger partial charge is 0.469 e. The Labute approximate surface area is 160 Å². The van der Waals surface area contributed by atoms with E-state index >= 15 is 0 Å². The quantitative estimate of drug-likeness (QED) is 0.372. The average molecular weight is 428 g/mol. The molecule has 4 atom stereocenters. The number of hydrogen-bond donors (Lipinski definition) is 0. The molecule has 2 saturated heterocycles. The predicted octanol–water partition coefficient (Wildman–Crippen LogP) is 4.12. The highest BCUT2D eigenvalue weighted by Crippen LogP contribution is 2.47. The second-order valence-corrected chi connectivity index (χ2v) is 8.55. The summed E-state index contributed by atoms with van der Waals surface area (Å²) in [6.07, 6.45) is 2.59. The number of carbonyl (C=O) groups is 2. The van der Waals surface area contributed by atoms with Crippen LogP contribution in [0.3, 0.4) is 0 Å². The summed E-state index contributed by atoms with van der Waals surface area (Å²) in [6.45, 7) is 0. The average Bonchev–Trinajstić information content (AvgIpc) is 3.20. The Hall–Kier alpha value is -1.21. The van der Waals surface area contributed by atoms with Crippen LogP contribution in [0.25, 0.3) is 0 Å². The molecule has 3 rings (SSSR count). The van der Waals surface area contributed by atoms with Gasteiger partial charge in [0.2, 0.25) is 0 Å². The number of hydrogen-bond acceptors (Lipinski definition) is 5. The molecule has 0 unspecified atom stereocenters. The number of nitrogens with zero attached hydrogens (tertiary/aromatic N) is 1. The van der Waals surface area contributed by atoms with Crippen molar-refractivity contribution in [2.45, 2.75) is 48.0 Å². The van der Waals surface area contributed by atoms with E-state index in [-0.39, 0.29) is 34.4 Å². The molecule has 0 bridgehead atoms. The lowest BCUT2D eigenvalue weighted by atomic mass is 10.0. The minimum absolute atomic E-state index is 0.0303. The molecular weight excluding hydrogens is 406 g/mol. The molecule has 2 aliphatic rings. The Morgan fingerprint density at radius 1 is 1.40 bits per heavy atom. The molecule has 2 aliphatic heterocycles. The summed E-state index contributed by atoms with van der Waals surface area (Å²) in [6, 6.07) is 10.2. The Morgan fingerprint density at radius 3 is 2.88 bits per heavy atom. The van der Waals surface area contributed by atoms with Crippen LogP contribution in [-0.2, 0) is 14.3 Å². The molecule has 0 N–H and O–H groups in total. The van der Waals surface area contributed by atoms with Crippen molar-refractivity contribution in [2.24, 2.45) is 0 Å². The van der Waals surface area contributed by atoms with Crippen LogP contribution in [-0.4, -0.2) is 46.8 Å². The van der Waals surface area contributed by atoms with E-state index in [4.69, 9.17) is 4.74 Å². The van der Waals surface area contributed by atoms with Gasteiger partial charge in [0.05, 0.1) is 18.0 Å². The van der Waals surface area contributed by atoms with Gasteiger partial charge < -0.3 is 9.47 Å². The summed E-state index contributed by atoms with van der Waals surface area (Å²) in [7, 11) is 1.41. The Balaban J connectivity index is 1.57. The summed E-state index contributed by atoms with van der Waals surface area (Å²) in [4.78, 5) is 25.6. The number of ether oxygens (including phenoxy) is 2. The van der Waals surface area contributed by atoms with Gasteiger partial charge in [-0.1, -0.05) is 52.7 Å². The number of benzene rings is 1. The van der Waals surface area contributed by atoms with Crippen molar-refractivity contribution in [3.8, 4) is 0 Å². The van der Waals surface area contributed by atoms with Crippen molar-refractivity contribution >= 4 is 39.8 Å². The number of rotatable bonds is 7. The first kappa shape index (κ1) is 18.6. The first-order chi connectivity index (χ1) is 12.1. The molecule has 0 aromatic heterocycles. The third-order valence-electron chi connectivity index (χ3n) is 4.64. The summed E-state index contributed by atoms with van der Waals surface area (Å²) in [5.41, 5.74) is 1.14. The van der Waals surface area contributed by atoms with Crippen LogP contribution in [0.2, 0.25) is 0 Å². The maximum absolute atomic E-state index is 12.4. The van der Waals surface area contributed by atoms with E-state index in [2.05, 4.69) is 32.8 Å². The number of methoxy groups -OCH3 is 1. The molecule has 2 fully saturated rings. The lowest BCUT2D eigenvalue weighted by Gasteiger charge is -2.23. The lowest BCUT2D eigenvalue weighted by Crippen LogP contribution is -2.37. The van der Waals surface area contributed by atoms with Crippen LogP contribution in [0, 0.1) is 0 Å². The summed E-state index contributed by atoms with van der Waals surface area (Å²) in [5, 5.41) is 0.0303. The monoisotopic (exact) mass is 427 g/mol. The second-order valence-electron chi connectivity index (χ2n) is 6.26. The van der Waals surface area contributed by atoms with Crippen LogP contribution in [0.1, 0.15) is 36.6 Å². The van der Waals surface area contributed by atoms with Crippen LogP contribution < -0.4 is 0 Å². The number of fused-ring (bicyclic) bond motifs is 1. The molecule has 2 heterocycles. The highest BCUT2D eigenvalue weighted by Gasteiger charge is 2.52. The molecule has 25 heavy (non-hydrogen) atoms. The highest BCUT2D eigenvalue weighted by atomic mass is 79.9. The van der Waals surface area contributed by atoms with Crippen molar-refractivity contribution < 1.29 is 19.1 Å². The third-order valence-corrected chi connectivity index (χ3v) is 6.97. The van der Waals surface area contributed by atoms with E-state index in [1.807, 2.05) is 23.1 Å². The maximum atomic E-state index is 12.4. The zero-order valence-electron chi connectivity index (χ0n) is 14.1. The van der Waals surface area contributed by atoms with Gasteiger partial charge in [-0.05, 0) is 18.4 Å². The summed E-state index contributed by atoms with van der Waals surface area (Å²) >= 11 is 5.49. The lowest BCUT2D eigenvalue weighted by molar-refractivity contribution is -0.140. The van der Waals surface area contributed by atoms with Crippen molar-refractivity contribution in [3.05, 3.63) is 35.9 Å². The minimum atomic E-state index is -0.229. The van der Waals surface area contributed by atoms with E-state index in [9.17, 15) is 9.59 Å². The van der Waals surface area contributed by atoms with Gasteiger partial charge in [0.15, 0.2) is 0 Å². The normalized spacial score (nSPS) is 26.2. The van der Waals surface area contributed by atoms with Crippen LogP contribution >= 0.6 is 27.7 Å². The van der Waals surface area contributed by atoms with Gasteiger partial charge in [-0.15, -0.1) is 11.8 Å². The first-order valence-electron chi connectivity index (χ1n) is 8.48. The number of cyclic esters (lactones) is 1. The number of thioether (sulfide) groups is 1. The SMILES string of the molecule is COC(=O)CCCC[C@@H](Br)[C@@H]1OC(=O)N2[C@@H](c3ccccc3)SC[C@@H]12. The van der Waals surface area contributed by atoms with Crippen molar-refractivity contribution in [1.82, 2.24) is 4.90 Å². The van der Waals surface area contributed by atoms with E-state index in [1.165, 1.54) is 7.11 Å². The topological polar surface area (TPSA) is 55.8 Å². The third kappa shape index (κ3) is 4.14. The first-order valence-corrected chi connectivity index (χ1v) is 10.4. The van der Waals surface area contributed by atoms with E-state index in [0.29, 0.717) is 6.42 Å². The fourth-order valence-electron chi connectivity index (χ4n) is 3.33. The number of amides is 1. The number of alkyl halides is 1. The molecule has 1 aromatic carbocycles.